The number of nitrogens with two attached hydrogens (primary N) is 1. The third kappa shape index (κ3) is 2.58. The minimum Gasteiger partial charge on any atom is -0.437 e. The molecule has 5 heteroatoms. The monoisotopic (exact) mass is 280 g/mol. The second kappa shape index (κ2) is 5.28. The predicted octanol–water partition coefficient (Wildman–Crippen LogP) is 3.14. The fraction of sp³-hybridized carbons (Fsp3) is 0.125. The second-order valence-electron chi connectivity index (χ2n) is 4.81. The summed E-state index contributed by atoms with van der Waals surface area (Å²) in [6.45, 7) is 5.69. The van der Waals surface area contributed by atoms with Crippen molar-refractivity contribution in [1.82, 2.24) is 14.6 Å². The standard InChI is InChI=1S/C16H16N4O/c1-3-4-12-10-13(17)5-6-15(12)21-16-14-9-11(2)19-20(14)8-7-18-16/h3,5-10H,1,4,17H2,2H3. The van der Waals surface area contributed by atoms with Gasteiger partial charge in [-0.3, -0.25) is 0 Å². The number of hydrogen-bond donors (Lipinski definition) is 1. The van der Waals surface area contributed by atoms with Crippen molar-refractivity contribution in [1.29, 1.82) is 0 Å². The molecule has 0 aliphatic heterocycles. The Morgan fingerprint density at radius 1 is 1.38 bits per heavy atom. The van der Waals surface area contributed by atoms with Gasteiger partial charge in [0.15, 0.2) is 0 Å². The van der Waals surface area contributed by atoms with Gasteiger partial charge in [0.05, 0.1) is 5.69 Å². The van der Waals surface area contributed by atoms with Crippen molar-refractivity contribution < 1.29 is 4.74 Å². The molecule has 21 heavy (non-hydrogen) atoms. The molecule has 0 radical (unpaired) electrons. The lowest BCUT2D eigenvalue weighted by Crippen LogP contribution is -1.97. The van der Waals surface area contributed by atoms with Crippen LogP contribution in [0.5, 0.6) is 11.6 Å². The number of rotatable bonds is 4. The van der Waals surface area contributed by atoms with Crippen LogP contribution in [0.3, 0.4) is 0 Å². The van der Waals surface area contributed by atoms with Crippen LogP contribution in [0.15, 0.2) is 49.3 Å². The lowest BCUT2D eigenvalue weighted by atomic mass is 10.1. The average Bonchev–Trinajstić information content (AvgIpc) is 2.83. The number of hydrogen-bond acceptors (Lipinski definition) is 4. The van der Waals surface area contributed by atoms with Gasteiger partial charge in [0, 0.05) is 23.6 Å². The zero-order valence-corrected chi connectivity index (χ0v) is 11.8. The van der Waals surface area contributed by atoms with E-state index in [1.807, 2.05) is 37.3 Å². The van der Waals surface area contributed by atoms with Crippen molar-refractivity contribution in [2.24, 2.45) is 0 Å². The molecule has 0 amide bonds. The number of anilines is 1. The molecule has 0 aliphatic carbocycles. The van der Waals surface area contributed by atoms with Crippen molar-refractivity contribution in [3.8, 4) is 11.6 Å². The van der Waals surface area contributed by atoms with Crippen molar-refractivity contribution in [3.63, 3.8) is 0 Å². The van der Waals surface area contributed by atoms with E-state index >= 15 is 0 Å². The predicted molar refractivity (Wildman–Crippen MR) is 82.6 cm³/mol. The van der Waals surface area contributed by atoms with Crippen LogP contribution in [0.2, 0.25) is 0 Å². The first-order valence-corrected chi connectivity index (χ1v) is 6.65. The molecule has 3 rings (SSSR count). The SMILES string of the molecule is C=CCc1cc(N)ccc1Oc1nccn2nc(C)cc12. The number of fused-ring (bicyclic) bond motifs is 1. The number of nitrogen functional groups attached to an aromatic ring is 1. The Hall–Kier alpha value is -2.82. The quantitative estimate of drug-likeness (QED) is 0.589. The second-order valence-corrected chi connectivity index (χ2v) is 4.81. The normalized spacial score (nSPS) is 10.7. The zero-order chi connectivity index (χ0) is 14.8. The Morgan fingerprint density at radius 2 is 2.24 bits per heavy atom. The first-order valence-electron chi connectivity index (χ1n) is 6.65. The molecule has 0 unspecified atom stereocenters. The minimum atomic E-state index is 0.521. The first kappa shape index (κ1) is 13.2. The molecule has 0 saturated heterocycles. The lowest BCUT2D eigenvalue weighted by Gasteiger charge is -2.10. The number of aromatic nitrogens is 3. The Morgan fingerprint density at radius 3 is 3.05 bits per heavy atom. The average molecular weight is 280 g/mol. The number of ether oxygens (including phenoxy) is 1. The summed E-state index contributed by atoms with van der Waals surface area (Å²) in [6.07, 6.45) is 5.96. The highest BCUT2D eigenvalue weighted by Gasteiger charge is 2.10. The molecule has 106 valence electrons. The third-order valence-electron chi connectivity index (χ3n) is 3.13. The molecule has 5 nitrogen and oxygen atoms in total. The molecular formula is C16H16N4O. The van der Waals surface area contributed by atoms with Gasteiger partial charge in [-0.15, -0.1) is 6.58 Å². The van der Waals surface area contributed by atoms with E-state index in [1.165, 1.54) is 0 Å². The van der Waals surface area contributed by atoms with Crippen molar-refractivity contribution >= 4 is 11.2 Å². The van der Waals surface area contributed by atoms with Gasteiger partial charge in [-0.1, -0.05) is 6.08 Å². The zero-order valence-electron chi connectivity index (χ0n) is 11.8. The molecule has 0 fully saturated rings. The van der Waals surface area contributed by atoms with Gasteiger partial charge >= 0.3 is 0 Å². The summed E-state index contributed by atoms with van der Waals surface area (Å²) in [5.74, 6) is 1.25. The molecule has 0 spiro atoms. The Balaban J connectivity index is 2.04. The van der Waals surface area contributed by atoms with E-state index in [4.69, 9.17) is 10.5 Å². The molecule has 0 aliphatic rings. The van der Waals surface area contributed by atoms with Gasteiger partial charge in [0.25, 0.3) is 0 Å². The van der Waals surface area contributed by atoms with E-state index in [1.54, 1.807) is 16.9 Å². The van der Waals surface area contributed by atoms with E-state index in [0.717, 1.165) is 22.5 Å². The number of allylic oxidation sites excluding steroid dienone is 1. The number of benzene rings is 1. The van der Waals surface area contributed by atoms with Crippen molar-refractivity contribution in [3.05, 3.63) is 60.6 Å². The molecule has 0 saturated carbocycles. The Bertz CT molecular complexity index is 807. The molecule has 2 heterocycles. The fourth-order valence-corrected chi connectivity index (χ4v) is 2.22. The summed E-state index contributed by atoms with van der Waals surface area (Å²) in [7, 11) is 0. The number of aryl methyl sites for hydroxylation is 1. The summed E-state index contributed by atoms with van der Waals surface area (Å²) < 4.78 is 7.72. The van der Waals surface area contributed by atoms with Crippen LogP contribution in [0.4, 0.5) is 5.69 Å². The summed E-state index contributed by atoms with van der Waals surface area (Å²) >= 11 is 0. The van der Waals surface area contributed by atoms with Gasteiger partial charge < -0.3 is 10.5 Å². The summed E-state index contributed by atoms with van der Waals surface area (Å²) in [6, 6.07) is 7.48. The maximum atomic E-state index is 5.97. The molecule has 2 N–H and O–H groups in total. The van der Waals surface area contributed by atoms with Crippen LogP contribution in [-0.4, -0.2) is 14.6 Å². The van der Waals surface area contributed by atoms with E-state index < -0.39 is 0 Å². The van der Waals surface area contributed by atoms with Gasteiger partial charge in [0.1, 0.15) is 11.3 Å². The van der Waals surface area contributed by atoms with Crippen LogP contribution in [-0.2, 0) is 6.42 Å². The molecule has 1 aromatic carbocycles. The molecular weight excluding hydrogens is 264 g/mol. The van der Waals surface area contributed by atoms with E-state index in [-0.39, 0.29) is 0 Å². The van der Waals surface area contributed by atoms with Crippen molar-refractivity contribution in [2.45, 2.75) is 13.3 Å². The molecule has 3 aromatic rings. The van der Waals surface area contributed by atoms with Crippen LogP contribution in [0.1, 0.15) is 11.3 Å². The molecule has 2 aromatic heterocycles. The smallest absolute Gasteiger partial charge is 0.245 e. The van der Waals surface area contributed by atoms with Crippen LogP contribution < -0.4 is 10.5 Å². The van der Waals surface area contributed by atoms with Crippen LogP contribution >= 0.6 is 0 Å². The number of nitrogens with zero attached hydrogens (tertiary/aromatic N) is 3. The van der Waals surface area contributed by atoms with Crippen LogP contribution in [0.25, 0.3) is 5.52 Å². The minimum absolute atomic E-state index is 0.521. The molecule has 0 bridgehead atoms. The highest BCUT2D eigenvalue weighted by molar-refractivity contribution is 5.58. The van der Waals surface area contributed by atoms with Gasteiger partial charge in [-0.25, -0.2) is 9.50 Å². The Kier molecular flexibility index (Phi) is 3.31. The maximum absolute atomic E-state index is 5.97. The van der Waals surface area contributed by atoms with Gasteiger partial charge in [-0.05, 0) is 37.6 Å². The first-order chi connectivity index (χ1) is 10.2. The lowest BCUT2D eigenvalue weighted by molar-refractivity contribution is 0.461. The van der Waals surface area contributed by atoms with Gasteiger partial charge in [-0.2, -0.15) is 5.10 Å². The Labute approximate surface area is 122 Å². The maximum Gasteiger partial charge on any atom is 0.245 e. The van der Waals surface area contributed by atoms with Crippen LogP contribution in [0, 0.1) is 6.92 Å². The fourth-order valence-electron chi connectivity index (χ4n) is 2.22. The van der Waals surface area contributed by atoms with E-state index in [0.29, 0.717) is 18.0 Å². The van der Waals surface area contributed by atoms with Crippen molar-refractivity contribution in [2.75, 3.05) is 5.73 Å². The summed E-state index contributed by atoms with van der Waals surface area (Å²) in [5, 5.41) is 4.35. The van der Waals surface area contributed by atoms with E-state index in [9.17, 15) is 0 Å². The topological polar surface area (TPSA) is 65.4 Å². The van der Waals surface area contributed by atoms with Gasteiger partial charge in [0.2, 0.25) is 5.88 Å². The van der Waals surface area contributed by atoms with E-state index in [2.05, 4.69) is 16.7 Å². The molecule has 0 atom stereocenters. The third-order valence-corrected chi connectivity index (χ3v) is 3.13. The summed E-state index contributed by atoms with van der Waals surface area (Å²) in [4.78, 5) is 4.30. The summed E-state index contributed by atoms with van der Waals surface area (Å²) in [5.41, 5.74) is 9.25. The highest BCUT2D eigenvalue weighted by atomic mass is 16.5. The largest absolute Gasteiger partial charge is 0.437 e. The highest BCUT2D eigenvalue weighted by Crippen LogP contribution is 2.29.